The van der Waals surface area contributed by atoms with Gasteiger partial charge in [-0.2, -0.15) is 0 Å². The van der Waals surface area contributed by atoms with E-state index in [1.54, 1.807) is 44.4 Å². The van der Waals surface area contributed by atoms with Crippen molar-refractivity contribution in [3.05, 3.63) is 71.3 Å². The maximum absolute atomic E-state index is 13.7. The zero-order valence-corrected chi connectivity index (χ0v) is 24.9. The molecule has 10 heteroatoms. The summed E-state index contributed by atoms with van der Waals surface area (Å²) in [6.45, 7) is 5.50. The lowest BCUT2D eigenvalue weighted by atomic mass is 10.0. The normalized spacial score (nSPS) is 26.4. The van der Waals surface area contributed by atoms with E-state index in [4.69, 9.17) is 37.9 Å². The Balaban J connectivity index is 1.71. The van der Waals surface area contributed by atoms with E-state index in [1.165, 1.54) is 14.2 Å². The second-order valence-corrected chi connectivity index (χ2v) is 10.5. The molecule has 2 aliphatic heterocycles. The van der Waals surface area contributed by atoms with Gasteiger partial charge in [0.05, 0.1) is 26.9 Å². The Labute approximate surface area is 246 Å². The largest absolute Gasteiger partial charge is 0.497 e. The minimum atomic E-state index is -0.996. The van der Waals surface area contributed by atoms with Crippen LogP contribution >= 0.6 is 0 Å². The van der Waals surface area contributed by atoms with E-state index in [0.29, 0.717) is 17.7 Å². The molecular weight excluding hydrogens is 544 g/mol. The van der Waals surface area contributed by atoms with Gasteiger partial charge in [0.15, 0.2) is 12.6 Å². The van der Waals surface area contributed by atoms with E-state index < -0.39 is 42.3 Å². The van der Waals surface area contributed by atoms with Gasteiger partial charge in [-0.1, -0.05) is 36.4 Å². The molecule has 1 saturated heterocycles. The van der Waals surface area contributed by atoms with Gasteiger partial charge in [0.1, 0.15) is 47.2 Å². The average molecular weight is 585 g/mol. The summed E-state index contributed by atoms with van der Waals surface area (Å²) >= 11 is 0. The fraction of sp³-hybridized carbons (Fsp3) is 0.469. The van der Waals surface area contributed by atoms with Gasteiger partial charge >= 0.3 is 5.97 Å². The van der Waals surface area contributed by atoms with Gasteiger partial charge in [0.2, 0.25) is 0 Å². The Morgan fingerprint density at radius 2 is 1.74 bits per heavy atom. The highest BCUT2D eigenvalue weighted by Crippen LogP contribution is 2.35. The van der Waals surface area contributed by atoms with Gasteiger partial charge in [0, 0.05) is 13.2 Å². The quantitative estimate of drug-likeness (QED) is 0.267. The van der Waals surface area contributed by atoms with Crippen LogP contribution < -0.4 is 14.2 Å². The number of rotatable bonds is 8. The molecule has 5 atom stereocenters. The summed E-state index contributed by atoms with van der Waals surface area (Å²) in [5, 5.41) is 11.1. The molecule has 0 aliphatic carbocycles. The second-order valence-electron chi connectivity index (χ2n) is 10.5. The Hall–Kier alpha value is -3.41. The molecule has 2 aliphatic rings. The summed E-state index contributed by atoms with van der Waals surface area (Å²) in [6, 6.07) is 10.8. The van der Waals surface area contributed by atoms with Crippen molar-refractivity contribution in [3.8, 4) is 17.2 Å². The van der Waals surface area contributed by atoms with Crippen molar-refractivity contribution in [2.45, 2.75) is 70.1 Å². The molecular formula is C32H40O10. The number of benzene rings is 2. The number of esters is 1. The molecule has 0 spiro atoms. The van der Waals surface area contributed by atoms with Crippen molar-refractivity contribution < 1.29 is 47.8 Å². The van der Waals surface area contributed by atoms with Crippen molar-refractivity contribution in [1.29, 1.82) is 0 Å². The van der Waals surface area contributed by atoms with Gasteiger partial charge in [-0.05, 0) is 56.5 Å². The highest BCUT2D eigenvalue weighted by molar-refractivity contribution is 5.97. The number of hydrogen-bond donors (Lipinski definition) is 1. The van der Waals surface area contributed by atoms with Crippen molar-refractivity contribution in [1.82, 2.24) is 0 Å². The predicted molar refractivity (Wildman–Crippen MR) is 155 cm³/mol. The number of methoxy groups -OCH3 is 3. The number of aliphatic hydroxyl groups excluding tert-OH is 1. The summed E-state index contributed by atoms with van der Waals surface area (Å²) in [4.78, 5) is 13.7. The van der Waals surface area contributed by atoms with Crippen LogP contribution in [0, 0.1) is 0 Å². The number of cyclic esters (lactones) is 1. The molecule has 4 rings (SSSR count). The van der Waals surface area contributed by atoms with Gasteiger partial charge in [-0.3, -0.25) is 0 Å². The van der Waals surface area contributed by atoms with Gasteiger partial charge in [0.25, 0.3) is 0 Å². The van der Waals surface area contributed by atoms with Crippen LogP contribution in [0.15, 0.2) is 54.6 Å². The highest BCUT2D eigenvalue weighted by atomic mass is 16.8. The third kappa shape index (κ3) is 7.90. The van der Waals surface area contributed by atoms with Crippen molar-refractivity contribution >= 4 is 12.0 Å². The minimum absolute atomic E-state index is 0.0790. The van der Waals surface area contributed by atoms with Crippen LogP contribution in [0.4, 0.5) is 0 Å². The topological polar surface area (TPSA) is 111 Å². The molecule has 2 heterocycles. The molecule has 0 bridgehead atoms. The minimum Gasteiger partial charge on any atom is -0.497 e. The average Bonchev–Trinajstić information content (AvgIpc) is 3.29. The van der Waals surface area contributed by atoms with Crippen LogP contribution in [0.2, 0.25) is 0 Å². The fourth-order valence-corrected chi connectivity index (χ4v) is 4.87. The molecule has 42 heavy (non-hydrogen) atoms. The van der Waals surface area contributed by atoms with Gasteiger partial charge in [-0.15, -0.1) is 0 Å². The molecule has 0 amide bonds. The van der Waals surface area contributed by atoms with Crippen LogP contribution in [0.1, 0.15) is 48.7 Å². The number of carbonyl (C=O) groups excluding carboxylic acids is 1. The van der Waals surface area contributed by atoms with Crippen molar-refractivity contribution in [2.24, 2.45) is 0 Å². The Kier molecular flexibility index (Phi) is 10.6. The number of fused-ring (bicyclic) bond motifs is 2. The molecule has 1 N–H and O–H groups in total. The predicted octanol–water partition coefficient (Wildman–Crippen LogP) is 4.67. The Bertz CT molecular complexity index is 1250. The first-order valence-electron chi connectivity index (χ1n) is 13.8. The number of aliphatic hydroxyl groups is 1. The molecule has 10 nitrogen and oxygen atoms in total. The van der Waals surface area contributed by atoms with Gasteiger partial charge in [-0.25, -0.2) is 4.79 Å². The fourth-order valence-electron chi connectivity index (χ4n) is 4.87. The molecule has 1 unspecified atom stereocenters. The van der Waals surface area contributed by atoms with Crippen LogP contribution in [0.25, 0.3) is 6.08 Å². The molecule has 0 aromatic heterocycles. The molecule has 0 saturated carbocycles. The van der Waals surface area contributed by atoms with Gasteiger partial charge < -0.3 is 43.0 Å². The van der Waals surface area contributed by atoms with E-state index in [-0.39, 0.29) is 24.7 Å². The third-order valence-electron chi connectivity index (χ3n) is 6.96. The first-order valence-corrected chi connectivity index (χ1v) is 13.8. The number of hydrogen-bond acceptors (Lipinski definition) is 10. The standard InChI is InChI=1S/C32H40O10/c1-20-26(38-18-21-10-12-23(36-5)13-11-21)15-14-25(33)30-27(41-32(2,3)42-30)9-7-8-22-16-24(37-6)17-28(39-19-35-4)29(22)31(34)40-20/h7-8,10-17,20,25-27,30,33H,9,18-19H2,1-6H3/b8-7?,15-14-/t20-,25?,26+,27-,30+/m0/s1. The number of ether oxygens (including phenoxy) is 8. The maximum Gasteiger partial charge on any atom is 0.342 e. The summed E-state index contributed by atoms with van der Waals surface area (Å²) in [5.74, 6) is -0.0231. The van der Waals surface area contributed by atoms with Crippen LogP contribution in [0.3, 0.4) is 0 Å². The summed E-state index contributed by atoms with van der Waals surface area (Å²) in [7, 11) is 4.63. The molecule has 2 aromatic rings. The summed E-state index contributed by atoms with van der Waals surface area (Å²) in [6.07, 6.45) is 3.82. The van der Waals surface area contributed by atoms with Crippen molar-refractivity contribution in [3.63, 3.8) is 0 Å². The number of carbonyl (C=O) groups is 1. The van der Waals surface area contributed by atoms with Crippen LogP contribution in [-0.2, 0) is 30.3 Å². The molecule has 2 aromatic carbocycles. The second kappa shape index (κ2) is 14.2. The van der Waals surface area contributed by atoms with E-state index in [1.807, 2.05) is 44.2 Å². The third-order valence-corrected chi connectivity index (χ3v) is 6.96. The Morgan fingerprint density at radius 1 is 1.00 bits per heavy atom. The molecule has 228 valence electrons. The summed E-state index contributed by atoms with van der Waals surface area (Å²) in [5.41, 5.74) is 1.64. The molecule has 1 fully saturated rings. The first kappa shape index (κ1) is 31.5. The monoisotopic (exact) mass is 584 g/mol. The SMILES string of the molecule is COCOc1cc(OC)cc2c1C(=O)O[C@@H](C)[C@H](OCc1ccc(OC)cc1)/C=C\C(O)[C@H]1OC(C)(C)O[C@H]1CC=C2. The molecule has 0 radical (unpaired) electrons. The van der Waals surface area contributed by atoms with E-state index in [9.17, 15) is 9.90 Å². The zero-order valence-electron chi connectivity index (χ0n) is 24.9. The maximum atomic E-state index is 13.7. The lowest BCUT2D eigenvalue weighted by molar-refractivity contribution is -0.152. The van der Waals surface area contributed by atoms with Crippen LogP contribution in [0.5, 0.6) is 17.2 Å². The highest BCUT2D eigenvalue weighted by Gasteiger charge is 2.43. The van der Waals surface area contributed by atoms with Crippen molar-refractivity contribution in [2.75, 3.05) is 28.1 Å². The Morgan fingerprint density at radius 3 is 2.43 bits per heavy atom. The lowest BCUT2D eigenvalue weighted by Crippen LogP contribution is -2.35. The lowest BCUT2D eigenvalue weighted by Gasteiger charge is -2.25. The van der Waals surface area contributed by atoms with E-state index >= 15 is 0 Å². The summed E-state index contributed by atoms with van der Waals surface area (Å²) < 4.78 is 45.9. The van der Waals surface area contributed by atoms with Crippen LogP contribution in [-0.4, -0.2) is 75.5 Å². The van der Waals surface area contributed by atoms with E-state index in [0.717, 1.165) is 11.3 Å². The smallest absolute Gasteiger partial charge is 0.342 e. The van der Waals surface area contributed by atoms with E-state index in [2.05, 4.69) is 0 Å². The zero-order chi connectivity index (χ0) is 30.3. The first-order chi connectivity index (χ1) is 20.1.